The standard InChI is InChI=1S/C16H27N3O3S/c1-4-18-7-9-19(10-8-18)13(2)11-14-5-6-15(22-3)16(12-14)23(17,20)21/h5-6,12-13H,4,7-11H2,1-3H3,(H2,17,20,21)/t13-/m1/s1. The van der Waals surface area contributed by atoms with Crippen molar-refractivity contribution in [1.29, 1.82) is 0 Å². The van der Waals surface area contributed by atoms with Gasteiger partial charge in [-0.3, -0.25) is 4.90 Å². The molecule has 1 atom stereocenters. The zero-order chi connectivity index (χ0) is 17.0. The summed E-state index contributed by atoms with van der Waals surface area (Å²) >= 11 is 0. The largest absolute Gasteiger partial charge is 0.495 e. The van der Waals surface area contributed by atoms with Crippen LogP contribution in [0.15, 0.2) is 23.1 Å². The Morgan fingerprint density at radius 3 is 2.43 bits per heavy atom. The highest BCUT2D eigenvalue weighted by atomic mass is 32.2. The maximum Gasteiger partial charge on any atom is 0.241 e. The summed E-state index contributed by atoms with van der Waals surface area (Å²) in [6, 6.07) is 5.58. The second kappa shape index (κ2) is 7.61. The average Bonchev–Trinajstić information content (AvgIpc) is 2.54. The molecular formula is C16H27N3O3S. The van der Waals surface area contributed by atoms with Crippen molar-refractivity contribution in [3.8, 4) is 5.75 Å². The maximum absolute atomic E-state index is 11.7. The van der Waals surface area contributed by atoms with Gasteiger partial charge in [0.15, 0.2) is 0 Å². The van der Waals surface area contributed by atoms with Gasteiger partial charge >= 0.3 is 0 Å². The quantitative estimate of drug-likeness (QED) is 0.832. The molecule has 2 N–H and O–H groups in total. The van der Waals surface area contributed by atoms with Crippen LogP contribution in [0.25, 0.3) is 0 Å². The first-order valence-electron chi connectivity index (χ1n) is 8.01. The molecule has 1 fully saturated rings. The van der Waals surface area contributed by atoms with Crippen molar-refractivity contribution < 1.29 is 13.2 Å². The number of methoxy groups -OCH3 is 1. The van der Waals surface area contributed by atoms with Gasteiger partial charge in [0.2, 0.25) is 10.0 Å². The molecule has 6 nitrogen and oxygen atoms in total. The van der Waals surface area contributed by atoms with Gasteiger partial charge in [-0.05, 0) is 37.6 Å². The van der Waals surface area contributed by atoms with Gasteiger partial charge in [-0.15, -0.1) is 0 Å². The highest BCUT2D eigenvalue weighted by Gasteiger charge is 2.21. The number of nitrogens with two attached hydrogens (primary N) is 1. The number of benzene rings is 1. The van der Waals surface area contributed by atoms with E-state index in [4.69, 9.17) is 9.88 Å². The number of hydrogen-bond donors (Lipinski definition) is 1. The van der Waals surface area contributed by atoms with E-state index in [1.165, 1.54) is 7.11 Å². The lowest BCUT2D eigenvalue weighted by Gasteiger charge is -2.37. The highest BCUT2D eigenvalue weighted by Crippen LogP contribution is 2.25. The first-order valence-corrected chi connectivity index (χ1v) is 9.56. The lowest BCUT2D eigenvalue weighted by Crippen LogP contribution is -2.49. The first kappa shape index (κ1) is 18.2. The van der Waals surface area contributed by atoms with Crippen LogP contribution >= 0.6 is 0 Å². The van der Waals surface area contributed by atoms with E-state index in [-0.39, 0.29) is 4.90 Å². The Labute approximate surface area is 139 Å². The van der Waals surface area contributed by atoms with Crippen LogP contribution in [0.3, 0.4) is 0 Å². The Kier molecular flexibility index (Phi) is 6.02. The van der Waals surface area contributed by atoms with Crippen LogP contribution in [-0.4, -0.2) is 64.1 Å². The summed E-state index contributed by atoms with van der Waals surface area (Å²) in [6.07, 6.45) is 0.790. The van der Waals surface area contributed by atoms with Gasteiger partial charge in [-0.1, -0.05) is 13.0 Å². The minimum Gasteiger partial charge on any atom is -0.495 e. The average molecular weight is 341 g/mol. The molecule has 1 aromatic rings. The number of likely N-dealkylation sites (N-methyl/N-ethyl adjacent to an activating group) is 1. The summed E-state index contributed by atoms with van der Waals surface area (Å²) in [6.45, 7) is 9.74. The summed E-state index contributed by atoms with van der Waals surface area (Å²) < 4.78 is 28.5. The molecule has 130 valence electrons. The number of nitrogens with zero attached hydrogens (tertiary/aromatic N) is 2. The molecular weight excluding hydrogens is 314 g/mol. The van der Waals surface area contributed by atoms with Crippen molar-refractivity contribution in [2.24, 2.45) is 5.14 Å². The molecule has 0 aliphatic carbocycles. The molecule has 0 unspecified atom stereocenters. The highest BCUT2D eigenvalue weighted by molar-refractivity contribution is 7.89. The summed E-state index contributed by atoms with van der Waals surface area (Å²) in [7, 11) is -2.34. The van der Waals surface area contributed by atoms with Crippen molar-refractivity contribution in [2.45, 2.75) is 31.2 Å². The molecule has 0 amide bonds. The number of sulfonamides is 1. The monoisotopic (exact) mass is 341 g/mol. The number of rotatable bonds is 6. The lowest BCUT2D eigenvalue weighted by atomic mass is 10.0. The molecule has 2 rings (SSSR count). The van der Waals surface area contributed by atoms with Crippen molar-refractivity contribution >= 4 is 10.0 Å². The summed E-state index contributed by atoms with van der Waals surface area (Å²) in [5.74, 6) is 0.292. The minimum absolute atomic E-state index is 0.0560. The second-order valence-electron chi connectivity index (χ2n) is 6.05. The molecule has 1 aliphatic rings. The van der Waals surface area contributed by atoms with Gasteiger partial charge in [-0.2, -0.15) is 0 Å². The third-order valence-corrected chi connectivity index (χ3v) is 5.48. The maximum atomic E-state index is 11.7. The fraction of sp³-hybridized carbons (Fsp3) is 0.625. The Morgan fingerprint density at radius 1 is 1.26 bits per heavy atom. The number of primary sulfonamides is 1. The molecule has 1 aromatic carbocycles. The smallest absolute Gasteiger partial charge is 0.241 e. The van der Waals surface area contributed by atoms with Gasteiger partial charge in [0, 0.05) is 32.2 Å². The number of piperazine rings is 1. The summed E-state index contributed by atoms with van der Waals surface area (Å²) in [5, 5.41) is 5.28. The van der Waals surface area contributed by atoms with Gasteiger partial charge in [0.25, 0.3) is 0 Å². The van der Waals surface area contributed by atoms with Crippen molar-refractivity contribution in [3.05, 3.63) is 23.8 Å². The van der Waals surface area contributed by atoms with E-state index in [1.54, 1.807) is 12.1 Å². The molecule has 0 bridgehead atoms. The lowest BCUT2D eigenvalue weighted by molar-refractivity contribution is 0.106. The molecule has 0 saturated carbocycles. The summed E-state index contributed by atoms with van der Waals surface area (Å²) in [4.78, 5) is 4.95. The molecule has 1 saturated heterocycles. The van der Waals surface area contributed by atoms with Gasteiger partial charge < -0.3 is 9.64 Å². The topological polar surface area (TPSA) is 75.9 Å². The van der Waals surface area contributed by atoms with Crippen LogP contribution in [0.1, 0.15) is 19.4 Å². The van der Waals surface area contributed by atoms with Crippen LogP contribution in [0.5, 0.6) is 5.75 Å². The van der Waals surface area contributed by atoms with E-state index >= 15 is 0 Å². The van der Waals surface area contributed by atoms with E-state index in [9.17, 15) is 8.42 Å². The molecule has 7 heteroatoms. The van der Waals surface area contributed by atoms with Crippen LogP contribution in [0.2, 0.25) is 0 Å². The summed E-state index contributed by atoms with van der Waals surface area (Å²) in [5.41, 5.74) is 0.959. The van der Waals surface area contributed by atoms with E-state index < -0.39 is 10.0 Å². The van der Waals surface area contributed by atoms with E-state index in [1.807, 2.05) is 6.07 Å². The predicted octanol–water partition coefficient (Wildman–Crippen LogP) is 0.911. The fourth-order valence-electron chi connectivity index (χ4n) is 3.06. The second-order valence-corrected chi connectivity index (χ2v) is 7.58. The Bertz CT molecular complexity index is 625. The van der Waals surface area contributed by atoms with Gasteiger partial charge in [0.05, 0.1) is 7.11 Å². The van der Waals surface area contributed by atoms with Gasteiger partial charge in [0.1, 0.15) is 10.6 Å². The van der Waals surface area contributed by atoms with Crippen LogP contribution < -0.4 is 9.88 Å². The predicted molar refractivity (Wildman–Crippen MR) is 91.2 cm³/mol. The van der Waals surface area contributed by atoms with Crippen molar-refractivity contribution in [2.75, 3.05) is 39.8 Å². The van der Waals surface area contributed by atoms with Crippen molar-refractivity contribution in [3.63, 3.8) is 0 Å². The molecule has 0 spiro atoms. The molecule has 0 aromatic heterocycles. The molecule has 1 aliphatic heterocycles. The van der Waals surface area contributed by atoms with E-state index in [2.05, 4.69) is 23.6 Å². The normalized spacial score (nSPS) is 18.8. The minimum atomic E-state index is -3.78. The number of hydrogen-bond acceptors (Lipinski definition) is 5. The molecule has 0 radical (unpaired) electrons. The van der Waals surface area contributed by atoms with E-state index in [0.29, 0.717) is 11.8 Å². The zero-order valence-corrected chi connectivity index (χ0v) is 15.0. The third kappa shape index (κ3) is 4.67. The SMILES string of the molecule is CCN1CCN([C@H](C)Cc2ccc(OC)c(S(N)(=O)=O)c2)CC1. The Hall–Kier alpha value is -1.15. The Balaban J connectivity index is 2.08. The first-order chi connectivity index (χ1) is 10.8. The molecule has 23 heavy (non-hydrogen) atoms. The zero-order valence-electron chi connectivity index (χ0n) is 14.2. The molecule has 1 heterocycles. The van der Waals surface area contributed by atoms with E-state index in [0.717, 1.165) is 44.7 Å². The van der Waals surface area contributed by atoms with Crippen LogP contribution in [0.4, 0.5) is 0 Å². The van der Waals surface area contributed by atoms with Crippen LogP contribution in [0, 0.1) is 0 Å². The van der Waals surface area contributed by atoms with Crippen molar-refractivity contribution in [1.82, 2.24) is 9.80 Å². The third-order valence-electron chi connectivity index (χ3n) is 4.54. The Morgan fingerprint density at radius 2 is 1.91 bits per heavy atom. The number of ether oxygens (including phenoxy) is 1. The van der Waals surface area contributed by atoms with Crippen LogP contribution in [-0.2, 0) is 16.4 Å². The van der Waals surface area contributed by atoms with Gasteiger partial charge in [-0.25, -0.2) is 13.6 Å². The fourth-order valence-corrected chi connectivity index (χ4v) is 3.81.